The highest BCUT2D eigenvalue weighted by molar-refractivity contribution is 7.11. The number of hydrogen-bond donors (Lipinski definition) is 4. The predicted octanol–water partition coefficient (Wildman–Crippen LogP) is 0.780. The molecule has 2 heterocycles. The summed E-state index contributed by atoms with van der Waals surface area (Å²) in [6.45, 7) is 0.714. The lowest BCUT2D eigenvalue weighted by molar-refractivity contribution is 0.0953. The molecule has 0 bridgehead atoms. The number of nitrogens with zero attached hydrogens (tertiary/aromatic N) is 3. The number of rotatable bonds is 7. The van der Waals surface area contributed by atoms with E-state index in [4.69, 9.17) is 5.73 Å². The fourth-order valence-electron chi connectivity index (χ4n) is 1.94. The number of aromatic nitrogens is 4. The molecule has 21 heavy (non-hydrogen) atoms. The van der Waals surface area contributed by atoms with E-state index < -0.39 is 0 Å². The molecule has 9 heteroatoms. The molecule has 5 N–H and O–H groups in total. The SMILES string of the molecule is Nc1nsc(NCCCc2ncn[nH]2)c1C(=O)NC1CC1. The van der Waals surface area contributed by atoms with E-state index in [0.29, 0.717) is 18.2 Å². The number of aromatic amines is 1. The Morgan fingerprint density at radius 3 is 3.10 bits per heavy atom. The molecule has 1 amide bonds. The minimum atomic E-state index is -0.138. The zero-order valence-electron chi connectivity index (χ0n) is 11.4. The van der Waals surface area contributed by atoms with Gasteiger partial charge in [0.1, 0.15) is 22.7 Å². The van der Waals surface area contributed by atoms with Gasteiger partial charge in [0.05, 0.1) is 0 Å². The quantitative estimate of drug-likeness (QED) is 0.561. The van der Waals surface area contributed by atoms with E-state index in [0.717, 1.165) is 36.5 Å². The van der Waals surface area contributed by atoms with Crippen LogP contribution in [0.5, 0.6) is 0 Å². The van der Waals surface area contributed by atoms with Crippen molar-refractivity contribution in [2.24, 2.45) is 0 Å². The molecule has 0 aliphatic heterocycles. The van der Waals surface area contributed by atoms with Gasteiger partial charge in [-0.3, -0.25) is 9.89 Å². The molecule has 0 spiro atoms. The molecular weight excluding hydrogens is 290 g/mol. The third-order valence-corrected chi connectivity index (χ3v) is 4.02. The second-order valence-corrected chi connectivity index (χ2v) is 5.76. The largest absolute Gasteiger partial charge is 0.382 e. The average molecular weight is 307 g/mol. The lowest BCUT2D eigenvalue weighted by atomic mass is 10.2. The second-order valence-electron chi connectivity index (χ2n) is 4.98. The normalized spacial score (nSPS) is 14.1. The first-order chi connectivity index (χ1) is 10.2. The van der Waals surface area contributed by atoms with Crippen LogP contribution in [0.4, 0.5) is 10.8 Å². The Hall–Kier alpha value is -2.16. The monoisotopic (exact) mass is 307 g/mol. The third kappa shape index (κ3) is 3.48. The molecule has 112 valence electrons. The van der Waals surface area contributed by atoms with E-state index in [1.807, 2.05) is 0 Å². The van der Waals surface area contributed by atoms with Gasteiger partial charge in [-0.2, -0.15) is 9.47 Å². The van der Waals surface area contributed by atoms with Crippen LogP contribution in [-0.4, -0.2) is 38.0 Å². The van der Waals surface area contributed by atoms with Gasteiger partial charge >= 0.3 is 0 Å². The average Bonchev–Trinajstić information content (AvgIpc) is 2.99. The Morgan fingerprint density at radius 1 is 1.52 bits per heavy atom. The van der Waals surface area contributed by atoms with Crippen LogP contribution in [0.3, 0.4) is 0 Å². The molecule has 0 aromatic carbocycles. The fraction of sp³-hybridized carbons (Fsp3) is 0.500. The Bertz CT molecular complexity index is 605. The van der Waals surface area contributed by atoms with Crippen LogP contribution in [0.1, 0.15) is 35.4 Å². The zero-order chi connectivity index (χ0) is 14.7. The van der Waals surface area contributed by atoms with Crippen molar-refractivity contribution in [1.82, 2.24) is 24.9 Å². The first-order valence-electron chi connectivity index (χ1n) is 6.88. The summed E-state index contributed by atoms with van der Waals surface area (Å²) in [5.41, 5.74) is 6.26. The smallest absolute Gasteiger partial charge is 0.258 e. The Morgan fingerprint density at radius 2 is 2.38 bits per heavy atom. The molecule has 0 atom stereocenters. The molecule has 0 unspecified atom stereocenters. The number of nitrogens with one attached hydrogen (secondary N) is 3. The maximum absolute atomic E-state index is 12.1. The number of aryl methyl sites for hydroxylation is 1. The number of carbonyl (C=O) groups excluding carboxylic acids is 1. The molecule has 1 aliphatic rings. The zero-order valence-corrected chi connectivity index (χ0v) is 12.2. The van der Waals surface area contributed by atoms with Crippen molar-refractivity contribution in [2.45, 2.75) is 31.7 Å². The van der Waals surface area contributed by atoms with Crippen molar-refractivity contribution in [3.8, 4) is 0 Å². The fourth-order valence-corrected chi connectivity index (χ4v) is 2.67. The molecule has 1 fully saturated rings. The van der Waals surface area contributed by atoms with Gasteiger partial charge in [-0.15, -0.1) is 0 Å². The number of carbonyl (C=O) groups is 1. The second kappa shape index (κ2) is 6.08. The molecule has 2 aromatic heterocycles. The van der Waals surface area contributed by atoms with Gasteiger partial charge in [0.25, 0.3) is 5.91 Å². The van der Waals surface area contributed by atoms with Crippen molar-refractivity contribution < 1.29 is 4.79 Å². The third-order valence-electron chi connectivity index (χ3n) is 3.20. The summed E-state index contributed by atoms with van der Waals surface area (Å²) in [5, 5.41) is 13.5. The van der Waals surface area contributed by atoms with Crippen molar-refractivity contribution in [2.75, 3.05) is 17.6 Å². The highest BCUT2D eigenvalue weighted by atomic mass is 32.1. The van der Waals surface area contributed by atoms with Gasteiger partial charge in [-0.05, 0) is 30.8 Å². The van der Waals surface area contributed by atoms with Crippen molar-refractivity contribution in [3.63, 3.8) is 0 Å². The number of nitrogens with two attached hydrogens (primary N) is 1. The van der Waals surface area contributed by atoms with Crippen LogP contribution in [-0.2, 0) is 6.42 Å². The van der Waals surface area contributed by atoms with E-state index >= 15 is 0 Å². The molecule has 2 aromatic rings. The summed E-state index contributed by atoms with van der Waals surface area (Å²) < 4.78 is 4.06. The molecule has 0 saturated heterocycles. The molecular formula is C12H17N7OS. The van der Waals surface area contributed by atoms with Gasteiger partial charge < -0.3 is 16.4 Å². The maximum atomic E-state index is 12.1. The number of H-pyrrole nitrogens is 1. The lowest BCUT2D eigenvalue weighted by Gasteiger charge is -2.07. The highest BCUT2D eigenvalue weighted by Crippen LogP contribution is 2.28. The highest BCUT2D eigenvalue weighted by Gasteiger charge is 2.27. The minimum absolute atomic E-state index is 0.138. The van der Waals surface area contributed by atoms with E-state index in [1.54, 1.807) is 0 Å². The molecule has 0 radical (unpaired) electrons. The predicted molar refractivity (Wildman–Crippen MR) is 80.2 cm³/mol. The van der Waals surface area contributed by atoms with Gasteiger partial charge in [-0.1, -0.05) is 0 Å². The molecule has 3 rings (SSSR count). The van der Waals surface area contributed by atoms with E-state index in [1.165, 1.54) is 17.9 Å². The van der Waals surface area contributed by atoms with Gasteiger partial charge in [-0.25, -0.2) is 4.98 Å². The van der Waals surface area contributed by atoms with Crippen LogP contribution in [0, 0.1) is 0 Å². The number of hydrogen-bond acceptors (Lipinski definition) is 7. The topological polar surface area (TPSA) is 122 Å². The summed E-state index contributed by atoms with van der Waals surface area (Å²) in [7, 11) is 0. The number of amides is 1. The molecule has 1 aliphatic carbocycles. The summed E-state index contributed by atoms with van der Waals surface area (Å²) in [6, 6.07) is 0.302. The number of nitrogen functional groups attached to an aromatic ring is 1. The van der Waals surface area contributed by atoms with Gasteiger partial charge in [0.2, 0.25) is 0 Å². The summed E-state index contributed by atoms with van der Waals surface area (Å²) in [4.78, 5) is 16.2. The van der Waals surface area contributed by atoms with Gasteiger partial charge in [0, 0.05) is 19.0 Å². The maximum Gasteiger partial charge on any atom is 0.258 e. The van der Waals surface area contributed by atoms with Crippen LogP contribution >= 0.6 is 11.5 Å². The molecule has 8 nitrogen and oxygen atoms in total. The Kier molecular flexibility index (Phi) is 4.00. The van der Waals surface area contributed by atoms with Crippen molar-refractivity contribution in [3.05, 3.63) is 17.7 Å². The van der Waals surface area contributed by atoms with E-state index in [-0.39, 0.29) is 11.7 Å². The Balaban J connectivity index is 1.53. The van der Waals surface area contributed by atoms with Crippen LogP contribution < -0.4 is 16.4 Å². The summed E-state index contributed by atoms with van der Waals surface area (Å²) in [6.07, 6.45) is 5.25. The first kappa shape index (κ1) is 13.8. The molecule has 1 saturated carbocycles. The van der Waals surface area contributed by atoms with E-state index in [2.05, 4.69) is 30.2 Å². The lowest BCUT2D eigenvalue weighted by Crippen LogP contribution is -2.26. The van der Waals surface area contributed by atoms with Crippen molar-refractivity contribution >= 4 is 28.3 Å². The first-order valence-corrected chi connectivity index (χ1v) is 7.65. The van der Waals surface area contributed by atoms with Crippen LogP contribution in [0.2, 0.25) is 0 Å². The minimum Gasteiger partial charge on any atom is -0.382 e. The standard InChI is InChI=1S/C12H17N7OS/c13-10-9(11(20)17-7-3-4-7)12(21-19-10)14-5-1-2-8-15-6-16-18-8/h6-7,14H,1-5H2,(H2,13,19)(H,17,20)(H,15,16,18). The van der Waals surface area contributed by atoms with Crippen LogP contribution in [0.15, 0.2) is 6.33 Å². The van der Waals surface area contributed by atoms with Crippen LogP contribution in [0.25, 0.3) is 0 Å². The Labute approximate surface area is 125 Å². The van der Waals surface area contributed by atoms with Crippen molar-refractivity contribution in [1.29, 1.82) is 0 Å². The van der Waals surface area contributed by atoms with E-state index in [9.17, 15) is 4.79 Å². The van der Waals surface area contributed by atoms with Gasteiger partial charge in [0.15, 0.2) is 5.82 Å². The summed E-state index contributed by atoms with van der Waals surface area (Å²) in [5.74, 6) is 1.00. The summed E-state index contributed by atoms with van der Waals surface area (Å²) >= 11 is 1.22. The number of anilines is 2.